The number of anilines is 1. The highest BCUT2D eigenvalue weighted by molar-refractivity contribution is 6.30. The Morgan fingerprint density at radius 1 is 1.37 bits per heavy atom. The molecular weight excluding hydrogens is 264 g/mol. The molecule has 0 spiro atoms. The van der Waals surface area contributed by atoms with E-state index in [0.717, 1.165) is 16.7 Å². The summed E-state index contributed by atoms with van der Waals surface area (Å²) in [5, 5.41) is 9.10. The first-order chi connectivity index (χ1) is 9.02. The standard InChI is InChI=1S/C14H15ClN2O2/c1-9-2-3-11(16)7-12(9)10-6-13(15)14(19)17(8-10)4-5-18/h2-3,6-8,18H,4-5,16H2,1H3. The molecule has 1 aromatic carbocycles. The first-order valence-corrected chi connectivity index (χ1v) is 6.28. The monoisotopic (exact) mass is 278 g/mol. The molecule has 0 aliphatic rings. The lowest BCUT2D eigenvalue weighted by atomic mass is 10.0. The van der Waals surface area contributed by atoms with Crippen molar-refractivity contribution in [2.24, 2.45) is 0 Å². The van der Waals surface area contributed by atoms with Crippen molar-refractivity contribution in [2.75, 3.05) is 12.3 Å². The quantitative estimate of drug-likeness (QED) is 0.845. The third-order valence-corrected chi connectivity index (χ3v) is 3.23. The Bertz CT molecular complexity index is 665. The van der Waals surface area contributed by atoms with Gasteiger partial charge in [0.25, 0.3) is 5.56 Å². The molecule has 1 aromatic heterocycles. The van der Waals surface area contributed by atoms with Gasteiger partial charge in [0, 0.05) is 24.0 Å². The molecule has 19 heavy (non-hydrogen) atoms. The number of benzene rings is 1. The molecule has 0 bridgehead atoms. The molecule has 0 saturated carbocycles. The summed E-state index contributed by atoms with van der Waals surface area (Å²) in [5.41, 5.74) is 8.91. The molecule has 3 N–H and O–H groups in total. The van der Waals surface area contributed by atoms with Crippen molar-refractivity contribution < 1.29 is 5.11 Å². The normalized spacial score (nSPS) is 10.7. The predicted molar refractivity (Wildman–Crippen MR) is 77.4 cm³/mol. The maximum absolute atomic E-state index is 11.8. The maximum Gasteiger partial charge on any atom is 0.269 e. The zero-order chi connectivity index (χ0) is 14.0. The highest BCUT2D eigenvalue weighted by atomic mass is 35.5. The van der Waals surface area contributed by atoms with Gasteiger partial charge in [-0.3, -0.25) is 4.79 Å². The minimum Gasteiger partial charge on any atom is -0.399 e. The van der Waals surface area contributed by atoms with Crippen molar-refractivity contribution in [1.82, 2.24) is 4.57 Å². The van der Waals surface area contributed by atoms with Crippen LogP contribution < -0.4 is 11.3 Å². The van der Waals surface area contributed by atoms with Gasteiger partial charge < -0.3 is 15.4 Å². The average Bonchev–Trinajstić information content (AvgIpc) is 2.38. The number of hydrogen-bond acceptors (Lipinski definition) is 3. The van der Waals surface area contributed by atoms with Crippen LogP contribution in [0.5, 0.6) is 0 Å². The Labute approximate surface area is 116 Å². The molecule has 0 atom stereocenters. The maximum atomic E-state index is 11.8. The fourth-order valence-electron chi connectivity index (χ4n) is 1.97. The second kappa shape index (κ2) is 5.47. The van der Waals surface area contributed by atoms with Gasteiger partial charge in [0.15, 0.2) is 0 Å². The summed E-state index contributed by atoms with van der Waals surface area (Å²) in [7, 11) is 0. The highest BCUT2D eigenvalue weighted by Gasteiger charge is 2.08. The zero-order valence-electron chi connectivity index (χ0n) is 10.6. The predicted octanol–water partition coefficient (Wildman–Crippen LogP) is 2.05. The Hall–Kier alpha value is -1.78. The minimum atomic E-state index is -0.305. The lowest BCUT2D eigenvalue weighted by Gasteiger charge is -2.11. The van der Waals surface area contributed by atoms with E-state index in [-0.39, 0.29) is 23.7 Å². The van der Waals surface area contributed by atoms with E-state index in [1.807, 2.05) is 25.1 Å². The number of nitrogens with zero attached hydrogens (tertiary/aromatic N) is 1. The Balaban J connectivity index is 2.62. The van der Waals surface area contributed by atoms with Crippen molar-refractivity contribution in [1.29, 1.82) is 0 Å². The van der Waals surface area contributed by atoms with E-state index < -0.39 is 0 Å². The number of rotatable bonds is 3. The van der Waals surface area contributed by atoms with Crippen molar-refractivity contribution >= 4 is 17.3 Å². The largest absolute Gasteiger partial charge is 0.399 e. The van der Waals surface area contributed by atoms with Crippen LogP contribution in [0.2, 0.25) is 5.02 Å². The summed E-state index contributed by atoms with van der Waals surface area (Å²) in [6.45, 7) is 2.06. The third kappa shape index (κ3) is 2.80. The second-order valence-corrected chi connectivity index (χ2v) is 4.78. The number of halogens is 1. The Kier molecular flexibility index (Phi) is 3.93. The number of hydrogen-bond donors (Lipinski definition) is 2. The average molecular weight is 279 g/mol. The van der Waals surface area contributed by atoms with Gasteiger partial charge in [-0.2, -0.15) is 0 Å². The summed E-state index contributed by atoms with van der Waals surface area (Å²) >= 11 is 5.95. The lowest BCUT2D eigenvalue weighted by Crippen LogP contribution is -2.21. The SMILES string of the molecule is Cc1ccc(N)cc1-c1cc(Cl)c(=O)n(CCO)c1. The van der Waals surface area contributed by atoms with Crippen molar-refractivity contribution in [3.05, 3.63) is 51.4 Å². The fourth-order valence-corrected chi connectivity index (χ4v) is 2.20. The van der Waals surface area contributed by atoms with Gasteiger partial charge >= 0.3 is 0 Å². The molecule has 0 saturated heterocycles. The van der Waals surface area contributed by atoms with Gasteiger partial charge in [0.2, 0.25) is 0 Å². The number of pyridine rings is 1. The first-order valence-electron chi connectivity index (χ1n) is 5.90. The molecule has 0 unspecified atom stereocenters. The molecule has 0 amide bonds. The molecule has 0 aliphatic heterocycles. The number of aromatic nitrogens is 1. The van der Waals surface area contributed by atoms with Gasteiger partial charge in [-0.1, -0.05) is 17.7 Å². The van der Waals surface area contributed by atoms with E-state index in [9.17, 15) is 4.79 Å². The van der Waals surface area contributed by atoms with Crippen LogP contribution in [0.15, 0.2) is 35.3 Å². The zero-order valence-corrected chi connectivity index (χ0v) is 11.3. The Morgan fingerprint density at radius 2 is 2.11 bits per heavy atom. The van der Waals surface area contributed by atoms with Gasteiger partial charge in [-0.05, 0) is 36.2 Å². The lowest BCUT2D eigenvalue weighted by molar-refractivity contribution is 0.274. The molecular formula is C14H15ClN2O2. The molecule has 2 rings (SSSR count). The van der Waals surface area contributed by atoms with Gasteiger partial charge in [-0.15, -0.1) is 0 Å². The van der Waals surface area contributed by atoms with Crippen LogP contribution in [-0.4, -0.2) is 16.3 Å². The number of nitrogen functional groups attached to an aromatic ring is 1. The van der Waals surface area contributed by atoms with Crippen LogP contribution in [-0.2, 0) is 6.54 Å². The molecule has 1 heterocycles. The van der Waals surface area contributed by atoms with E-state index >= 15 is 0 Å². The van der Waals surface area contributed by atoms with Crippen molar-refractivity contribution in [3.63, 3.8) is 0 Å². The van der Waals surface area contributed by atoms with E-state index in [0.29, 0.717) is 5.69 Å². The topological polar surface area (TPSA) is 68.2 Å². The Morgan fingerprint density at radius 3 is 2.79 bits per heavy atom. The van der Waals surface area contributed by atoms with Gasteiger partial charge in [0.05, 0.1) is 6.61 Å². The van der Waals surface area contributed by atoms with Gasteiger partial charge in [0.1, 0.15) is 5.02 Å². The molecule has 4 nitrogen and oxygen atoms in total. The van der Waals surface area contributed by atoms with E-state index in [1.165, 1.54) is 4.57 Å². The number of aliphatic hydroxyl groups is 1. The molecule has 0 aliphatic carbocycles. The van der Waals surface area contributed by atoms with Crippen LogP contribution in [0, 0.1) is 6.92 Å². The number of aliphatic hydroxyl groups excluding tert-OH is 1. The smallest absolute Gasteiger partial charge is 0.269 e. The van der Waals surface area contributed by atoms with E-state index in [2.05, 4.69) is 0 Å². The van der Waals surface area contributed by atoms with E-state index in [1.54, 1.807) is 12.3 Å². The summed E-state index contributed by atoms with van der Waals surface area (Å²) in [5.74, 6) is 0. The summed E-state index contributed by atoms with van der Waals surface area (Å²) in [6, 6.07) is 7.21. The summed E-state index contributed by atoms with van der Waals surface area (Å²) in [6.07, 6.45) is 1.69. The summed E-state index contributed by atoms with van der Waals surface area (Å²) < 4.78 is 1.40. The van der Waals surface area contributed by atoms with Crippen LogP contribution >= 0.6 is 11.6 Å². The molecule has 2 aromatic rings. The highest BCUT2D eigenvalue weighted by Crippen LogP contribution is 2.26. The van der Waals surface area contributed by atoms with Crippen molar-refractivity contribution in [3.8, 4) is 11.1 Å². The van der Waals surface area contributed by atoms with Crippen molar-refractivity contribution in [2.45, 2.75) is 13.5 Å². The molecule has 5 heteroatoms. The number of aryl methyl sites for hydroxylation is 1. The van der Waals surface area contributed by atoms with Crippen LogP contribution in [0.3, 0.4) is 0 Å². The minimum absolute atomic E-state index is 0.115. The van der Waals surface area contributed by atoms with Crippen LogP contribution in [0.25, 0.3) is 11.1 Å². The molecule has 0 radical (unpaired) electrons. The third-order valence-electron chi connectivity index (χ3n) is 2.96. The molecule has 100 valence electrons. The van der Waals surface area contributed by atoms with Crippen LogP contribution in [0.1, 0.15) is 5.56 Å². The van der Waals surface area contributed by atoms with E-state index in [4.69, 9.17) is 22.4 Å². The first kappa shape index (κ1) is 13.6. The molecule has 0 fully saturated rings. The number of nitrogens with two attached hydrogens (primary N) is 1. The van der Waals surface area contributed by atoms with Crippen LogP contribution in [0.4, 0.5) is 5.69 Å². The second-order valence-electron chi connectivity index (χ2n) is 4.37. The fraction of sp³-hybridized carbons (Fsp3) is 0.214. The summed E-state index contributed by atoms with van der Waals surface area (Å²) in [4.78, 5) is 11.8. The van der Waals surface area contributed by atoms with Gasteiger partial charge in [-0.25, -0.2) is 0 Å².